The first-order chi connectivity index (χ1) is 16.6. The lowest BCUT2D eigenvalue weighted by Gasteiger charge is -2.09. The Labute approximate surface area is 201 Å². The van der Waals surface area contributed by atoms with Gasteiger partial charge in [0.1, 0.15) is 5.75 Å². The summed E-state index contributed by atoms with van der Waals surface area (Å²) in [6.07, 6.45) is 5.28. The van der Waals surface area contributed by atoms with E-state index in [4.69, 9.17) is 16.3 Å². The highest BCUT2D eigenvalue weighted by atomic mass is 35.5. The Hall–Kier alpha value is -4.36. The van der Waals surface area contributed by atoms with Crippen LogP contribution in [0.5, 0.6) is 5.75 Å². The fourth-order valence-electron chi connectivity index (χ4n) is 3.17. The first kappa shape index (κ1) is 22.8. The first-order valence-corrected chi connectivity index (χ1v) is 10.8. The van der Waals surface area contributed by atoms with Crippen LogP contribution in [0.2, 0.25) is 5.02 Å². The van der Waals surface area contributed by atoms with Gasteiger partial charge in [-0.1, -0.05) is 29.8 Å². The molecule has 0 unspecified atom stereocenters. The average molecular weight is 473 g/mol. The van der Waals surface area contributed by atoms with Crippen molar-refractivity contribution in [2.75, 3.05) is 11.9 Å². The van der Waals surface area contributed by atoms with Crippen LogP contribution in [0, 0.1) is 0 Å². The second-order valence-electron chi connectivity index (χ2n) is 7.22. The van der Waals surface area contributed by atoms with Gasteiger partial charge in [0.05, 0.1) is 17.5 Å². The fourth-order valence-corrected chi connectivity index (χ4v) is 3.36. The van der Waals surface area contributed by atoms with Crippen LogP contribution in [-0.4, -0.2) is 29.2 Å². The number of hydrogen-bond donors (Lipinski definition) is 2. The lowest BCUT2D eigenvalue weighted by Crippen LogP contribution is -2.20. The summed E-state index contributed by atoms with van der Waals surface area (Å²) in [5, 5.41) is 7.31. The van der Waals surface area contributed by atoms with Crippen LogP contribution in [0.25, 0.3) is 5.69 Å². The lowest BCUT2D eigenvalue weighted by atomic mass is 10.1. The smallest absolute Gasteiger partial charge is 0.273 e. The number of nitrogens with zero attached hydrogens (tertiary/aromatic N) is 2. The maximum absolute atomic E-state index is 12.6. The number of aromatic nitrogens is 1. The van der Waals surface area contributed by atoms with Crippen LogP contribution in [0.1, 0.15) is 15.9 Å². The third-order valence-electron chi connectivity index (χ3n) is 4.77. The zero-order valence-corrected chi connectivity index (χ0v) is 18.8. The fraction of sp³-hybridized carbons (Fsp3) is 0.0385. The topological polar surface area (TPSA) is 84.7 Å². The number of rotatable bonds is 8. The number of hydrogen-bond acceptors (Lipinski definition) is 4. The largest absolute Gasteiger partial charge is 0.484 e. The predicted molar refractivity (Wildman–Crippen MR) is 133 cm³/mol. The summed E-state index contributed by atoms with van der Waals surface area (Å²) in [6.45, 7) is -0.142. The van der Waals surface area contributed by atoms with E-state index >= 15 is 0 Å². The number of anilines is 1. The Kier molecular flexibility index (Phi) is 7.37. The van der Waals surface area contributed by atoms with Gasteiger partial charge in [0.25, 0.3) is 11.8 Å². The normalized spacial score (nSPS) is 10.7. The molecular formula is C26H21ClN4O3. The van der Waals surface area contributed by atoms with Crippen molar-refractivity contribution in [1.29, 1.82) is 0 Å². The van der Waals surface area contributed by atoms with Crippen LogP contribution < -0.4 is 15.5 Å². The molecule has 170 valence electrons. The molecule has 0 atom stereocenters. The van der Waals surface area contributed by atoms with E-state index in [0.717, 1.165) is 11.3 Å². The van der Waals surface area contributed by atoms with Crippen LogP contribution >= 0.6 is 11.6 Å². The number of carbonyl (C=O) groups excluding carboxylic acids is 2. The number of halogens is 1. The van der Waals surface area contributed by atoms with Crippen molar-refractivity contribution in [1.82, 2.24) is 9.99 Å². The van der Waals surface area contributed by atoms with Gasteiger partial charge in [-0.2, -0.15) is 5.10 Å². The van der Waals surface area contributed by atoms with E-state index in [0.29, 0.717) is 22.0 Å². The molecule has 8 heteroatoms. The summed E-state index contributed by atoms with van der Waals surface area (Å²) in [7, 11) is 0. The van der Waals surface area contributed by atoms with Crippen LogP contribution in [0.4, 0.5) is 5.69 Å². The number of amides is 2. The van der Waals surface area contributed by atoms with Crippen LogP contribution in [0.15, 0.2) is 102 Å². The quantitative estimate of drug-likeness (QED) is 0.282. The van der Waals surface area contributed by atoms with Gasteiger partial charge in [-0.05, 0) is 72.3 Å². The van der Waals surface area contributed by atoms with Gasteiger partial charge in [0.2, 0.25) is 0 Å². The van der Waals surface area contributed by atoms with Gasteiger partial charge in [0, 0.05) is 23.1 Å². The zero-order chi connectivity index (χ0) is 23.8. The highest BCUT2D eigenvalue weighted by Crippen LogP contribution is 2.16. The van der Waals surface area contributed by atoms with Crippen molar-refractivity contribution >= 4 is 35.3 Å². The van der Waals surface area contributed by atoms with E-state index in [1.807, 2.05) is 41.2 Å². The van der Waals surface area contributed by atoms with Crippen molar-refractivity contribution in [3.63, 3.8) is 0 Å². The average Bonchev–Trinajstić information content (AvgIpc) is 3.38. The van der Waals surface area contributed by atoms with E-state index in [1.54, 1.807) is 60.7 Å². The second kappa shape index (κ2) is 11.0. The molecular weight excluding hydrogens is 452 g/mol. The maximum atomic E-state index is 12.6. The molecule has 0 aliphatic rings. The Morgan fingerprint density at radius 2 is 1.71 bits per heavy atom. The Bertz CT molecular complexity index is 1300. The zero-order valence-electron chi connectivity index (χ0n) is 18.0. The number of benzene rings is 3. The molecule has 0 fully saturated rings. The molecule has 0 aliphatic heterocycles. The minimum atomic E-state index is -0.314. The monoisotopic (exact) mass is 472 g/mol. The Morgan fingerprint density at radius 1 is 0.941 bits per heavy atom. The number of para-hydroxylation sites is 1. The number of carbonyl (C=O) groups is 2. The standard InChI is InChI=1S/C26H21ClN4O3/c27-20-6-5-7-21(16-20)29-25(32)18-34-22-12-10-19(11-13-22)17-28-30-26(33)23-8-1-2-9-24(23)31-14-3-4-15-31/h1-17H,18H2,(H,29,32)(H,30,33)/b28-17-. The summed E-state index contributed by atoms with van der Waals surface area (Å²) in [5.74, 6) is -0.0786. The lowest BCUT2D eigenvalue weighted by molar-refractivity contribution is -0.118. The molecule has 1 heterocycles. The maximum Gasteiger partial charge on any atom is 0.273 e. The Morgan fingerprint density at radius 3 is 2.47 bits per heavy atom. The molecule has 4 rings (SSSR count). The summed E-state index contributed by atoms with van der Waals surface area (Å²) in [6, 6.07) is 24.9. The SMILES string of the molecule is O=C(COc1ccc(/C=N\NC(=O)c2ccccc2-n2cccc2)cc1)Nc1cccc(Cl)c1. The highest BCUT2D eigenvalue weighted by molar-refractivity contribution is 6.30. The van der Waals surface area contributed by atoms with Gasteiger partial charge in [-0.25, -0.2) is 5.43 Å². The Balaban J connectivity index is 1.29. The van der Waals surface area contributed by atoms with Gasteiger partial charge in [0.15, 0.2) is 6.61 Å². The number of nitrogens with one attached hydrogen (secondary N) is 2. The molecule has 0 saturated carbocycles. The molecule has 0 aliphatic carbocycles. The summed E-state index contributed by atoms with van der Waals surface area (Å²) in [5.41, 5.74) is 5.19. The molecule has 2 N–H and O–H groups in total. The molecule has 0 saturated heterocycles. The molecule has 0 bridgehead atoms. The van der Waals surface area contributed by atoms with E-state index in [1.165, 1.54) is 6.21 Å². The third kappa shape index (κ3) is 6.11. The van der Waals surface area contributed by atoms with Crippen molar-refractivity contribution in [2.45, 2.75) is 0 Å². The van der Waals surface area contributed by atoms with Gasteiger partial charge in [-0.15, -0.1) is 0 Å². The predicted octanol–water partition coefficient (Wildman–Crippen LogP) is 4.91. The molecule has 2 amide bonds. The van der Waals surface area contributed by atoms with Crippen molar-refractivity contribution in [2.24, 2.45) is 5.10 Å². The first-order valence-electron chi connectivity index (χ1n) is 10.4. The minimum Gasteiger partial charge on any atom is -0.484 e. The van der Waals surface area contributed by atoms with Crippen molar-refractivity contribution in [3.05, 3.63) is 113 Å². The van der Waals surface area contributed by atoms with E-state index in [-0.39, 0.29) is 18.4 Å². The number of hydrazone groups is 1. The molecule has 1 aromatic heterocycles. The molecule has 4 aromatic rings. The molecule has 34 heavy (non-hydrogen) atoms. The summed E-state index contributed by atoms with van der Waals surface area (Å²) >= 11 is 5.91. The second-order valence-corrected chi connectivity index (χ2v) is 7.66. The van der Waals surface area contributed by atoms with Crippen molar-refractivity contribution in [3.8, 4) is 11.4 Å². The molecule has 7 nitrogen and oxygen atoms in total. The molecule has 3 aromatic carbocycles. The minimum absolute atomic E-state index is 0.142. The van der Waals surface area contributed by atoms with Gasteiger partial charge < -0.3 is 14.6 Å². The molecule has 0 spiro atoms. The third-order valence-corrected chi connectivity index (χ3v) is 5.00. The van der Waals surface area contributed by atoms with Crippen LogP contribution in [-0.2, 0) is 4.79 Å². The van der Waals surface area contributed by atoms with E-state index < -0.39 is 0 Å². The van der Waals surface area contributed by atoms with Gasteiger partial charge in [-0.3, -0.25) is 9.59 Å². The van der Waals surface area contributed by atoms with E-state index in [9.17, 15) is 9.59 Å². The molecule has 0 radical (unpaired) electrons. The van der Waals surface area contributed by atoms with E-state index in [2.05, 4.69) is 15.8 Å². The summed E-state index contributed by atoms with van der Waals surface area (Å²) < 4.78 is 7.38. The van der Waals surface area contributed by atoms with Gasteiger partial charge >= 0.3 is 0 Å². The summed E-state index contributed by atoms with van der Waals surface area (Å²) in [4.78, 5) is 24.6. The number of ether oxygens (including phenoxy) is 1. The highest BCUT2D eigenvalue weighted by Gasteiger charge is 2.11. The van der Waals surface area contributed by atoms with Crippen LogP contribution in [0.3, 0.4) is 0 Å². The van der Waals surface area contributed by atoms with Crippen molar-refractivity contribution < 1.29 is 14.3 Å².